The quantitative estimate of drug-likeness (QED) is 0.344. The Labute approximate surface area is 230 Å². The number of carbonyl (C=O) groups is 2. The molecule has 2 aliphatic rings. The predicted octanol–water partition coefficient (Wildman–Crippen LogP) is 4.14. The molecule has 2 saturated heterocycles. The number of hydrogen-bond acceptors (Lipinski definition) is 9. The summed E-state index contributed by atoms with van der Waals surface area (Å²) in [4.78, 5) is 24.6. The first-order valence-corrected chi connectivity index (χ1v) is 13.0. The zero-order chi connectivity index (χ0) is 27.5. The molecule has 6 rings (SSSR count). The van der Waals surface area contributed by atoms with Crippen molar-refractivity contribution in [1.29, 1.82) is 0 Å². The molecule has 0 aliphatic carbocycles. The highest BCUT2D eigenvalue weighted by molar-refractivity contribution is 5.92. The van der Waals surface area contributed by atoms with Crippen LogP contribution in [-0.2, 0) is 18.9 Å². The van der Waals surface area contributed by atoms with Crippen molar-refractivity contribution in [3.63, 3.8) is 0 Å². The van der Waals surface area contributed by atoms with Crippen molar-refractivity contribution in [2.24, 2.45) is 0 Å². The average Bonchev–Trinajstić information content (AvgIpc) is 3.72. The van der Waals surface area contributed by atoms with Crippen LogP contribution in [0.2, 0.25) is 0 Å². The minimum atomic E-state index is -0.677. The van der Waals surface area contributed by atoms with Crippen LogP contribution >= 0.6 is 0 Å². The number of carbonyl (C=O) groups excluding carboxylic acids is 2. The number of fused-ring (bicyclic) bond motifs is 1. The van der Waals surface area contributed by atoms with Crippen LogP contribution in [0.1, 0.15) is 23.3 Å². The lowest BCUT2D eigenvalue weighted by Crippen LogP contribution is -2.35. The molecule has 204 valence electrons. The summed E-state index contributed by atoms with van der Waals surface area (Å²) in [7, 11) is 0. The zero-order valence-electron chi connectivity index (χ0n) is 21.7. The van der Waals surface area contributed by atoms with E-state index in [2.05, 4.69) is 33.0 Å². The number of amides is 1. The lowest BCUT2D eigenvalue weighted by molar-refractivity contribution is 0.00774. The average molecular weight is 542 g/mol. The Morgan fingerprint density at radius 3 is 2.48 bits per heavy atom. The van der Waals surface area contributed by atoms with E-state index in [-0.39, 0.29) is 19.3 Å². The number of tetrazole rings is 1. The lowest BCUT2D eigenvalue weighted by Gasteiger charge is -2.18. The minimum absolute atomic E-state index is 0.172. The van der Waals surface area contributed by atoms with E-state index >= 15 is 0 Å². The van der Waals surface area contributed by atoms with Crippen molar-refractivity contribution in [2.75, 3.05) is 25.1 Å². The summed E-state index contributed by atoms with van der Waals surface area (Å²) in [6.07, 6.45) is -2.16. The van der Waals surface area contributed by atoms with Gasteiger partial charge in [0.25, 0.3) is 0 Å². The van der Waals surface area contributed by atoms with Crippen LogP contribution in [0.4, 0.5) is 10.5 Å². The Kier molecular flexibility index (Phi) is 7.21. The van der Waals surface area contributed by atoms with Crippen molar-refractivity contribution < 1.29 is 28.5 Å². The maximum absolute atomic E-state index is 12.6. The number of nitrogens with zero attached hydrogens (tertiary/aromatic N) is 4. The molecule has 1 amide bonds. The first-order valence-electron chi connectivity index (χ1n) is 13.0. The number of anilines is 1. The van der Waals surface area contributed by atoms with E-state index in [0.717, 1.165) is 16.7 Å². The van der Waals surface area contributed by atoms with Crippen molar-refractivity contribution in [3.05, 3.63) is 84.4 Å². The van der Waals surface area contributed by atoms with Crippen LogP contribution in [0.25, 0.3) is 22.5 Å². The Morgan fingerprint density at radius 1 is 0.925 bits per heavy atom. The molecule has 3 heterocycles. The molecule has 0 saturated carbocycles. The molecular weight excluding hydrogens is 514 g/mol. The van der Waals surface area contributed by atoms with Crippen molar-refractivity contribution in [2.45, 2.75) is 31.3 Å². The molecule has 1 N–H and O–H groups in total. The molecule has 4 unspecified atom stereocenters. The molecule has 11 nitrogen and oxygen atoms in total. The van der Waals surface area contributed by atoms with E-state index in [9.17, 15) is 9.59 Å². The van der Waals surface area contributed by atoms with Crippen LogP contribution in [0.15, 0.2) is 78.9 Å². The monoisotopic (exact) mass is 541 g/mol. The molecule has 3 aromatic carbocycles. The van der Waals surface area contributed by atoms with E-state index in [1.165, 1.54) is 6.07 Å². The molecule has 0 spiro atoms. The van der Waals surface area contributed by atoms with Gasteiger partial charge in [-0.1, -0.05) is 60.7 Å². The highest BCUT2D eigenvalue weighted by atomic mass is 16.6. The SMILES string of the molecule is CCOC(=O)c1cccc(NC(=O)OC2COC3C2OCC3n2nnnc2-c2ccc(-c3ccccc3)cc2)c1. The van der Waals surface area contributed by atoms with Crippen LogP contribution in [0, 0.1) is 0 Å². The van der Waals surface area contributed by atoms with Crippen molar-refractivity contribution in [1.82, 2.24) is 20.2 Å². The number of esters is 1. The zero-order valence-corrected chi connectivity index (χ0v) is 21.7. The van der Waals surface area contributed by atoms with Gasteiger partial charge in [-0.25, -0.2) is 14.3 Å². The molecule has 2 fully saturated rings. The molecule has 11 heteroatoms. The number of ether oxygens (including phenoxy) is 4. The first kappa shape index (κ1) is 25.7. The van der Waals surface area contributed by atoms with Gasteiger partial charge in [0.2, 0.25) is 0 Å². The second-order valence-electron chi connectivity index (χ2n) is 9.42. The van der Waals surface area contributed by atoms with Gasteiger partial charge in [0.05, 0.1) is 25.4 Å². The number of hydrogen-bond donors (Lipinski definition) is 1. The van der Waals surface area contributed by atoms with Gasteiger partial charge >= 0.3 is 12.1 Å². The summed E-state index contributed by atoms with van der Waals surface area (Å²) >= 11 is 0. The normalized spacial score (nSPS) is 21.5. The third kappa shape index (κ3) is 5.16. The van der Waals surface area contributed by atoms with Gasteiger partial charge in [-0.3, -0.25) is 5.32 Å². The van der Waals surface area contributed by atoms with E-state index in [0.29, 0.717) is 23.7 Å². The summed E-state index contributed by atoms with van der Waals surface area (Å²) in [5, 5.41) is 15.0. The predicted molar refractivity (Wildman–Crippen MR) is 143 cm³/mol. The second kappa shape index (κ2) is 11.2. The molecule has 0 radical (unpaired) electrons. The van der Waals surface area contributed by atoms with Crippen molar-refractivity contribution in [3.8, 4) is 22.5 Å². The largest absolute Gasteiger partial charge is 0.462 e. The summed E-state index contributed by atoms with van der Waals surface area (Å²) in [5.74, 6) is 0.132. The summed E-state index contributed by atoms with van der Waals surface area (Å²) in [6, 6.07) is 24.3. The van der Waals surface area contributed by atoms with Gasteiger partial charge in [0, 0.05) is 11.3 Å². The Balaban J connectivity index is 1.11. The fourth-order valence-corrected chi connectivity index (χ4v) is 5.03. The Morgan fingerprint density at radius 2 is 1.68 bits per heavy atom. The van der Waals surface area contributed by atoms with Crippen LogP contribution in [0.3, 0.4) is 0 Å². The smallest absolute Gasteiger partial charge is 0.412 e. The van der Waals surface area contributed by atoms with Gasteiger partial charge in [-0.15, -0.1) is 5.10 Å². The molecule has 1 aromatic heterocycles. The Hall–Kier alpha value is -4.61. The number of benzene rings is 3. The fourth-order valence-electron chi connectivity index (χ4n) is 5.03. The number of nitrogens with one attached hydrogen (secondary N) is 1. The van der Waals surface area contributed by atoms with E-state index in [4.69, 9.17) is 18.9 Å². The molecule has 4 aromatic rings. The van der Waals surface area contributed by atoms with Gasteiger partial charge in [0.1, 0.15) is 18.2 Å². The van der Waals surface area contributed by atoms with E-state index in [1.54, 1.807) is 29.8 Å². The van der Waals surface area contributed by atoms with Gasteiger partial charge < -0.3 is 18.9 Å². The third-order valence-corrected chi connectivity index (χ3v) is 6.92. The molecule has 0 bridgehead atoms. The van der Waals surface area contributed by atoms with Crippen LogP contribution in [-0.4, -0.2) is 70.4 Å². The van der Waals surface area contributed by atoms with Gasteiger partial charge in [-0.05, 0) is 46.7 Å². The van der Waals surface area contributed by atoms with E-state index < -0.39 is 30.4 Å². The summed E-state index contributed by atoms with van der Waals surface area (Å²) in [5.41, 5.74) is 3.83. The maximum Gasteiger partial charge on any atom is 0.412 e. The second-order valence-corrected chi connectivity index (χ2v) is 9.42. The topological polar surface area (TPSA) is 127 Å². The van der Waals surface area contributed by atoms with Gasteiger partial charge in [-0.2, -0.15) is 0 Å². The summed E-state index contributed by atoms with van der Waals surface area (Å²) < 4.78 is 24.4. The minimum Gasteiger partial charge on any atom is -0.462 e. The lowest BCUT2D eigenvalue weighted by atomic mass is 10.0. The highest BCUT2D eigenvalue weighted by Crippen LogP contribution is 2.37. The highest BCUT2D eigenvalue weighted by Gasteiger charge is 2.51. The molecule has 4 atom stereocenters. The number of rotatable bonds is 7. The Bertz CT molecular complexity index is 1490. The first-order chi connectivity index (χ1) is 19.6. The van der Waals surface area contributed by atoms with Crippen molar-refractivity contribution >= 4 is 17.7 Å². The fraction of sp³-hybridized carbons (Fsp3) is 0.276. The standard InChI is InChI=1S/C29H27N5O6/c1-2-37-28(35)21-9-6-10-22(15-21)30-29(36)40-24-17-39-25-23(16-38-26(24)25)34-27(31-32-33-34)20-13-11-19(12-14-20)18-7-4-3-5-8-18/h3-15,23-26H,2,16-17H2,1H3,(H,30,36). The molecule has 40 heavy (non-hydrogen) atoms. The number of aromatic nitrogens is 4. The third-order valence-electron chi connectivity index (χ3n) is 6.92. The van der Waals surface area contributed by atoms with Crippen LogP contribution in [0.5, 0.6) is 0 Å². The maximum atomic E-state index is 12.6. The summed E-state index contributed by atoms with van der Waals surface area (Å²) in [6.45, 7) is 2.47. The van der Waals surface area contributed by atoms with Crippen LogP contribution < -0.4 is 5.32 Å². The molecule has 2 aliphatic heterocycles. The molecular formula is C29H27N5O6. The van der Waals surface area contributed by atoms with E-state index in [1.807, 2.05) is 42.5 Å². The van der Waals surface area contributed by atoms with Gasteiger partial charge in [0.15, 0.2) is 11.9 Å².